The van der Waals surface area contributed by atoms with Crippen molar-refractivity contribution in [2.45, 2.75) is 88.3 Å². The molecule has 6 heteroatoms. The Balaban J connectivity index is 0.00000450. The molecular formula is C48H47N4PtS-3. The Labute approximate surface area is 339 Å². The van der Waals surface area contributed by atoms with Gasteiger partial charge in [0.15, 0.2) is 0 Å². The third-order valence-electron chi connectivity index (χ3n) is 10.2. The van der Waals surface area contributed by atoms with Crippen LogP contribution in [-0.4, -0.2) is 9.55 Å². The van der Waals surface area contributed by atoms with E-state index in [0.29, 0.717) is 0 Å². The summed E-state index contributed by atoms with van der Waals surface area (Å²) in [6.07, 6.45) is 1.93. The van der Waals surface area contributed by atoms with E-state index in [-0.39, 0.29) is 37.3 Å². The van der Waals surface area contributed by atoms with Crippen LogP contribution < -0.4 is 9.80 Å². The molecule has 1 aliphatic heterocycles. The number of nitrogens with zero attached hydrogens (tertiary/aromatic N) is 4. The molecule has 5 aromatic carbocycles. The third kappa shape index (κ3) is 7.14. The van der Waals surface area contributed by atoms with Crippen molar-refractivity contribution in [2.24, 2.45) is 0 Å². The fourth-order valence-electron chi connectivity index (χ4n) is 7.08. The van der Waals surface area contributed by atoms with Crippen molar-refractivity contribution in [1.29, 1.82) is 0 Å². The minimum atomic E-state index is -0.0665. The molecule has 0 saturated carbocycles. The van der Waals surface area contributed by atoms with Crippen LogP contribution in [0, 0.1) is 18.8 Å². The summed E-state index contributed by atoms with van der Waals surface area (Å²) in [6, 6.07) is 47.2. The zero-order chi connectivity index (χ0) is 37.3. The Morgan fingerprint density at radius 2 is 1.24 bits per heavy atom. The van der Waals surface area contributed by atoms with Gasteiger partial charge in [-0.15, -0.1) is 63.1 Å². The van der Waals surface area contributed by atoms with Crippen LogP contribution in [0.1, 0.15) is 79.0 Å². The smallest absolute Gasteiger partial charge is 0.135 e. The molecule has 0 radical (unpaired) electrons. The fraction of sp³-hybridized carbons (Fsp3) is 0.250. The number of fused-ring (bicyclic) bond motifs is 4. The number of hydrogen-bond donors (Lipinski definition) is 0. The van der Waals surface area contributed by atoms with Crippen molar-refractivity contribution in [3.05, 3.63) is 151 Å². The monoisotopic (exact) mass is 906 g/mol. The first-order chi connectivity index (χ1) is 25.1. The van der Waals surface area contributed by atoms with Crippen molar-refractivity contribution in [1.82, 2.24) is 9.55 Å². The molecular weight excluding hydrogens is 860 g/mol. The zero-order valence-corrected chi connectivity index (χ0v) is 35.6. The molecule has 0 spiro atoms. The number of pyridine rings is 1. The quantitative estimate of drug-likeness (QED) is 0.161. The fourth-order valence-corrected chi connectivity index (χ4v) is 7.94. The number of aromatic nitrogens is 2. The first-order valence-corrected chi connectivity index (χ1v) is 19.3. The Bertz CT molecular complexity index is 2490. The minimum absolute atomic E-state index is 0. The zero-order valence-electron chi connectivity index (χ0n) is 32.6. The molecule has 0 atom stereocenters. The van der Waals surface area contributed by atoms with Gasteiger partial charge in [-0.05, 0) is 75.2 Å². The maximum Gasteiger partial charge on any atom is 0.135 e. The summed E-state index contributed by atoms with van der Waals surface area (Å²) in [5.41, 5.74) is 10.4. The second-order valence-electron chi connectivity index (χ2n) is 17.2. The van der Waals surface area contributed by atoms with Gasteiger partial charge in [-0.25, -0.2) is 4.98 Å². The van der Waals surface area contributed by atoms with Gasteiger partial charge in [-0.1, -0.05) is 110 Å². The summed E-state index contributed by atoms with van der Waals surface area (Å²) in [6.45, 7) is 22.6. The van der Waals surface area contributed by atoms with Crippen LogP contribution in [-0.2, 0) is 37.3 Å². The van der Waals surface area contributed by atoms with Gasteiger partial charge in [-0.2, -0.15) is 18.2 Å². The molecule has 8 rings (SSSR count). The van der Waals surface area contributed by atoms with Crippen LogP contribution in [0.2, 0.25) is 0 Å². The summed E-state index contributed by atoms with van der Waals surface area (Å²) in [7, 11) is 0. The van der Waals surface area contributed by atoms with Crippen LogP contribution in [0.3, 0.4) is 0 Å². The Hall–Kier alpha value is -4.31. The molecule has 3 heterocycles. The van der Waals surface area contributed by atoms with Gasteiger partial charge in [0.05, 0.1) is 0 Å². The number of hydrogen-bond acceptors (Lipinski definition) is 4. The molecule has 54 heavy (non-hydrogen) atoms. The summed E-state index contributed by atoms with van der Waals surface area (Å²) in [5, 5.41) is 2.36. The van der Waals surface area contributed by atoms with E-state index in [9.17, 15) is 0 Å². The van der Waals surface area contributed by atoms with Gasteiger partial charge in [0, 0.05) is 49.8 Å². The van der Waals surface area contributed by atoms with Crippen LogP contribution >= 0.6 is 11.8 Å². The first kappa shape index (κ1) is 38.0. The van der Waals surface area contributed by atoms with E-state index >= 15 is 0 Å². The third-order valence-corrected chi connectivity index (χ3v) is 11.1. The summed E-state index contributed by atoms with van der Waals surface area (Å²) < 4.78 is 2.27. The number of benzene rings is 5. The van der Waals surface area contributed by atoms with Crippen molar-refractivity contribution in [3.8, 4) is 5.82 Å². The number of rotatable bonds is 5. The summed E-state index contributed by atoms with van der Waals surface area (Å²) in [4.78, 5) is 11.6. The normalized spacial score (nSPS) is 13.4. The molecule has 0 bridgehead atoms. The van der Waals surface area contributed by atoms with Crippen molar-refractivity contribution < 1.29 is 21.1 Å². The van der Waals surface area contributed by atoms with E-state index in [1.807, 2.05) is 6.20 Å². The van der Waals surface area contributed by atoms with Crippen LogP contribution in [0.5, 0.6) is 0 Å². The topological polar surface area (TPSA) is 24.3 Å². The van der Waals surface area contributed by atoms with E-state index in [2.05, 4.69) is 205 Å². The van der Waals surface area contributed by atoms with Gasteiger partial charge in [-0.3, -0.25) is 0 Å². The van der Waals surface area contributed by atoms with Crippen molar-refractivity contribution in [2.75, 3.05) is 9.80 Å². The number of anilines is 4. The summed E-state index contributed by atoms with van der Waals surface area (Å²) >= 11 is 1.71. The molecule has 0 unspecified atom stereocenters. The predicted octanol–water partition coefficient (Wildman–Crippen LogP) is 13.2. The first-order valence-electron chi connectivity index (χ1n) is 18.5. The van der Waals surface area contributed by atoms with Crippen LogP contribution in [0.15, 0.2) is 125 Å². The number of para-hydroxylation sites is 3. The van der Waals surface area contributed by atoms with E-state index in [0.717, 1.165) is 49.4 Å². The predicted molar refractivity (Wildman–Crippen MR) is 224 cm³/mol. The molecule has 278 valence electrons. The second kappa shape index (κ2) is 14.1. The molecule has 7 aromatic rings. The van der Waals surface area contributed by atoms with Gasteiger partial charge >= 0.3 is 0 Å². The Morgan fingerprint density at radius 3 is 1.96 bits per heavy atom. The average molecular weight is 907 g/mol. The molecule has 0 amide bonds. The Morgan fingerprint density at radius 1 is 0.574 bits per heavy atom. The molecule has 0 saturated heterocycles. The van der Waals surface area contributed by atoms with E-state index < -0.39 is 0 Å². The summed E-state index contributed by atoms with van der Waals surface area (Å²) in [5.74, 6) is 0.909. The molecule has 2 aromatic heterocycles. The molecule has 1 aliphatic rings. The van der Waals surface area contributed by atoms with Gasteiger partial charge in [0.1, 0.15) is 5.82 Å². The van der Waals surface area contributed by atoms with Gasteiger partial charge in [0.2, 0.25) is 0 Å². The largest absolute Gasteiger partial charge is 0.493 e. The molecule has 4 nitrogen and oxygen atoms in total. The average Bonchev–Trinajstić information content (AvgIpc) is 3.67. The van der Waals surface area contributed by atoms with E-state index in [1.54, 1.807) is 11.8 Å². The SMILES string of the molecule is CC(C)(C)c1cc(Sc2[c-]c3c(cc2)c2ccccc2n3-c2cc(C(C)(C)C)ccn2)[c-]c(N2[CH-]N(c3cccc(C(C)(C)C)c3)c3ccccc32)c1.[Pt]. The molecule has 0 fully saturated rings. The van der Waals surface area contributed by atoms with E-state index in [4.69, 9.17) is 4.98 Å². The minimum Gasteiger partial charge on any atom is -0.493 e. The van der Waals surface area contributed by atoms with Gasteiger partial charge in [0.25, 0.3) is 0 Å². The van der Waals surface area contributed by atoms with Crippen LogP contribution in [0.4, 0.5) is 22.7 Å². The molecule has 0 aliphatic carbocycles. The maximum atomic E-state index is 4.88. The van der Waals surface area contributed by atoms with Gasteiger partial charge < -0.3 is 14.4 Å². The van der Waals surface area contributed by atoms with Crippen LogP contribution in [0.25, 0.3) is 27.6 Å². The standard InChI is InChI=1S/C48H47N4S.Pt/c1-46(2,3)32-15-14-16-35(25-32)50-31-51(43-20-13-12-19-42(43)50)36-26-34(48(7,8)9)27-38(29-36)53-37-21-22-40-39-17-10-11-18-41(39)52(44(40)30-37)45-28-33(23-24-49-45)47(4,5)6;/h10-28,31H,1-9H3;/q-3;. The van der Waals surface area contributed by atoms with Crippen molar-refractivity contribution >= 4 is 56.3 Å². The Kier molecular flexibility index (Phi) is 9.90. The molecule has 0 N–H and O–H groups in total. The van der Waals surface area contributed by atoms with E-state index in [1.165, 1.54) is 27.5 Å². The second-order valence-corrected chi connectivity index (χ2v) is 18.3. The maximum absolute atomic E-state index is 4.88. The van der Waals surface area contributed by atoms with Crippen molar-refractivity contribution in [3.63, 3.8) is 0 Å².